The summed E-state index contributed by atoms with van der Waals surface area (Å²) in [6.45, 7) is 7.35. The number of rotatable bonds is 6. The molecule has 0 spiro atoms. The van der Waals surface area contributed by atoms with Crippen molar-refractivity contribution in [3.8, 4) is 0 Å². The Balaban J connectivity index is 1.84. The van der Waals surface area contributed by atoms with Gasteiger partial charge in [0, 0.05) is 24.5 Å². The molecule has 2 aromatic carbocycles. The van der Waals surface area contributed by atoms with Gasteiger partial charge in [-0.25, -0.2) is 9.97 Å². The van der Waals surface area contributed by atoms with Crippen LogP contribution in [-0.2, 0) is 0 Å². The number of amides is 1. The van der Waals surface area contributed by atoms with Crippen LogP contribution >= 0.6 is 0 Å². The summed E-state index contributed by atoms with van der Waals surface area (Å²) in [6.07, 6.45) is 3.22. The van der Waals surface area contributed by atoms with Crippen LogP contribution in [0.3, 0.4) is 0 Å². The first-order valence-corrected chi connectivity index (χ1v) is 9.17. The molecule has 0 aliphatic heterocycles. The molecule has 0 aliphatic carbocycles. The monoisotopic (exact) mass is 360 g/mol. The summed E-state index contributed by atoms with van der Waals surface area (Å²) in [7, 11) is 0. The predicted octanol–water partition coefficient (Wildman–Crippen LogP) is 4.61. The third-order valence-electron chi connectivity index (χ3n) is 4.39. The molecule has 3 aromatic rings. The first-order valence-electron chi connectivity index (χ1n) is 9.17. The number of hydrogen-bond donors (Lipinski definition) is 0. The summed E-state index contributed by atoms with van der Waals surface area (Å²) in [4.78, 5) is 25.6. The smallest absolute Gasteiger partial charge is 0.278 e. The fraction of sp³-hybridized carbons (Fsp3) is 0.227. The highest BCUT2D eigenvalue weighted by Gasteiger charge is 2.19. The average molecular weight is 360 g/mol. The molecule has 138 valence electrons. The normalized spacial score (nSPS) is 10.5. The highest BCUT2D eigenvalue weighted by atomic mass is 16.2. The van der Waals surface area contributed by atoms with Crippen molar-refractivity contribution < 1.29 is 4.79 Å². The van der Waals surface area contributed by atoms with Crippen LogP contribution in [0.1, 0.15) is 29.9 Å². The lowest BCUT2D eigenvalue weighted by Crippen LogP contribution is -2.31. The van der Waals surface area contributed by atoms with Crippen LogP contribution in [0.15, 0.2) is 67.0 Å². The van der Waals surface area contributed by atoms with Crippen LogP contribution in [0.5, 0.6) is 0 Å². The average Bonchev–Trinajstić information content (AvgIpc) is 2.70. The molecule has 5 heteroatoms. The molecule has 0 saturated carbocycles. The van der Waals surface area contributed by atoms with Crippen molar-refractivity contribution in [2.75, 3.05) is 22.9 Å². The molecule has 27 heavy (non-hydrogen) atoms. The Morgan fingerprint density at radius 1 is 0.889 bits per heavy atom. The number of benzene rings is 2. The van der Waals surface area contributed by atoms with E-state index in [1.807, 2.05) is 68.4 Å². The van der Waals surface area contributed by atoms with Crippen LogP contribution in [0.25, 0.3) is 0 Å². The van der Waals surface area contributed by atoms with E-state index in [9.17, 15) is 4.79 Å². The van der Waals surface area contributed by atoms with Crippen LogP contribution in [0.4, 0.5) is 17.2 Å². The van der Waals surface area contributed by atoms with Crippen molar-refractivity contribution in [1.29, 1.82) is 0 Å². The number of carbonyl (C=O) groups is 1. The van der Waals surface area contributed by atoms with Crippen molar-refractivity contribution in [2.24, 2.45) is 0 Å². The minimum Gasteiger partial charge on any atom is -0.325 e. The van der Waals surface area contributed by atoms with Gasteiger partial charge in [0.1, 0.15) is 5.69 Å². The Bertz CT molecular complexity index is 894. The van der Waals surface area contributed by atoms with Crippen molar-refractivity contribution in [3.05, 3.63) is 78.2 Å². The summed E-state index contributed by atoms with van der Waals surface area (Å²) in [5, 5.41) is 0. The van der Waals surface area contributed by atoms with Crippen LogP contribution in [0, 0.1) is 6.92 Å². The van der Waals surface area contributed by atoms with Crippen molar-refractivity contribution >= 4 is 23.1 Å². The van der Waals surface area contributed by atoms with E-state index in [1.165, 1.54) is 0 Å². The molecule has 0 fully saturated rings. The lowest BCUT2D eigenvalue weighted by atomic mass is 10.2. The van der Waals surface area contributed by atoms with E-state index in [4.69, 9.17) is 0 Å². The molecular formula is C22H24N4O. The van der Waals surface area contributed by atoms with E-state index >= 15 is 0 Å². The molecule has 1 heterocycles. The molecule has 5 nitrogen and oxygen atoms in total. The van der Waals surface area contributed by atoms with Crippen LogP contribution in [0.2, 0.25) is 0 Å². The SMILES string of the molecule is CCN(C(=O)c1cnc(N(CC)c2ccccc2)cn1)c1cccc(C)c1. The van der Waals surface area contributed by atoms with E-state index in [2.05, 4.69) is 21.8 Å². The molecular weight excluding hydrogens is 336 g/mol. The van der Waals surface area contributed by atoms with E-state index < -0.39 is 0 Å². The summed E-state index contributed by atoms with van der Waals surface area (Å²) in [5.41, 5.74) is 3.36. The maximum atomic E-state index is 12.9. The molecule has 0 bridgehead atoms. The van der Waals surface area contributed by atoms with Crippen molar-refractivity contribution in [3.63, 3.8) is 0 Å². The number of para-hydroxylation sites is 1. The van der Waals surface area contributed by atoms with Gasteiger partial charge in [-0.05, 0) is 50.6 Å². The van der Waals surface area contributed by atoms with E-state index in [-0.39, 0.29) is 5.91 Å². The Morgan fingerprint density at radius 2 is 1.63 bits per heavy atom. The standard InChI is InChI=1S/C22H24N4O/c1-4-25(18-11-7-6-8-12-18)21-16-23-20(15-24-21)22(27)26(5-2)19-13-9-10-17(3)14-19/h6-16H,4-5H2,1-3H3. The maximum Gasteiger partial charge on any atom is 0.278 e. The molecule has 0 aliphatic rings. The molecule has 0 unspecified atom stereocenters. The van der Waals surface area contributed by atoms with Gasteiger partial charge in [-0.2, -0.15) is 0 Å². The van der Waals surface area contributed by atoms with Gasteiger partial charge in [0.05, 0.1) is 12.4 Å². The fourth-order valence-corrected chi connectivity index (χ4v) is 3.03. The van der Waals surface area contributed by atoms with Gasteiger partial charge in [0.15, 0.2) is 5.82 Å². The van der Waals surface area contributed by atoms with Crippen molar-refractivity contribution in [2.45, 2.75) is 20.8 Å². The second-order valence-corrected chi connectivity index (χ2v) is 6.23. The van der Waals surface area contributed by atoms with E-state index in [0.29, 0.717) is 12.2 Å². The van der Waals surface area contributed by atoms with Gasteiger partial charge in [-0.15, -0.1) is 0 Å². The number of aromatic nitrogens is 2. The van der Waals surface area contributed by atoms with Gasteiger partial charge >= 0.3 is 0 Å². The van der Waals surface area contributed by atoms with Crippen LogP contribution < -0.4 is 9.80 Å². The quantitative estimate of drug-likeness (QED) is 0.644. The zero-order chi connectivity index (χ0) is 19.2. The first kappa shape index (κ1) is 18.6. The Hall–Kier alpha value is -3.21. The molecule has 1 aromatic heterocycles. The molecule has 0 saturated heterocycles. The highest BCUT2D eigenvalue weighted by Crippen LogP contribution is 2.23. The summed E-state index contributed by atoms with van der Waals surface area (Å²) >= 11 is 0. The third-order valence-corrected chi connectivity index (χ3v) is 4.39. The summed E-state index contributed by atoms with van der Waals surface area (Å²) in [6, 6.07) is 17.9. The largest absolute Gasteiger partial charge is 0.325 e. The number of carbonyl (C=O) groups excluding carboxylic acids is 1. The Kier molecular flexibility index (Phi) is 5.81. The zero-order valence-electron chi connectivity index (χ0n) is 16.0. The minimum absolute atomic E-state index is 0.148. The lowest BCUT2D eigenvalue weighted by molar-refractivity contribution is 0.0983. The number of anilines is 3. The summed E-state index contributed by atoms with van der Waals surface area (Å²) in [5.74, 6) is 0.573. The molecule has 0 N–H and O–H groups in total. The zero-order valence-corrected chi connectivity index (χ0v) is 16.0. The van der Waals surface area contributed by atoms with Gasteiger partial charge in [0.2, 0.25) is 0 Å². The van der Waals surface area contributed by atoms with Gasteiger partial charge in [0.25, 0.3) is 5.91 Å². The lowest BCUT2D eigenvalue weighted by Gasteiger charge is -2.23. The number of nitrogens with zero attached hydrogens (tertiary/aromatic N) is 4. The fourth-order valence-electron chi connectivity index (χ4n) is 3.03. The molecule has 0 radical (unpaired) electrons. The number of aryl methyl sites for hydroxylation is 1. The summed E-state index contributed by atoms with van der Waals surface area (Å²) < 4.78 is 0. The highest BCUT2D eigenvalue weighted by molar-refractivity contribution is 6.04. The number of hydrogen-bond acceptors (Lipinski definition) is 4. The molecule has 3 rings (SSSR count). The molecule has 1 amide bonds. The predicted molar refractivity (Wildman–Crippen MR) is 110 cm³/mol. The van der Waals surface area contributed by atoms with Gasteiger partial charge in [-0.3, -0.25) is 4.79 Å². The second kappa shape index (κ2) is 8.45. The first-order chi connectivity index (χ1) is 13.1. The Labute approximate surface area is 160 Å². The topological polar surface area (TPSA) is 49.3 Å². The minimum atomic E-state index is -0.148. The van der Waals surface area contributed by atoms with Gasteiger partial charge in [-0.1, -0.05) is 30.3 Å². The third kappa shape index (κ3) is 4.14. The second-order valence-electron chi connectivity index (χ2n) is 6.23. The maximum absolute atomic E-state index is 12.9. The molecule has 0 atom stereocenters. The Morgan fingerprint density at radius 3 is 2.22 bits per heavy atom. The van der Waals surface area contributed by atoms with Crippen molar-refractivity contribution in [1.82, 2.24) is 9.97 Å². The van der Waals surface area contributed by atoms with E-state index in [1.54, 1.807) is 17.3 Å². The van der Waals surface area contributed by atoms with Gasteiger partial charge < -0.3 is 9.80 Å². The van der Waals surface area contributed by atoms with E-state index in [0.717, 1.165) is 29.3 Å². The van der Waals surface area contributed by atoms with Crippen LogP contribution in [-0.4, -0.2) is 29.0 Å².